The summed E-state index contributed by atoms with van der Waals surface area (Å²) in [6.07, 6.45) is 21.4. The molecular weight excluding hydrogens is 375 g/mol. The average Bonchev–Trinajstić information content (AvgIpc) is 2.78. The van der Waals surface area contributed by atoms with Gasteiger partial charge in [-0.3, -0.25) is 0 Å². The van der Waals surface area contributed by atoms with E-state index >= 15 is 0 Å². The van der Waals surface area contributed by atoms with Crippen molar-refractivity contribution in [2.45, 2.75) is 142 Å². The van der Waals surface area contributed by atoms with Gasteiger partial charge in [-0.2, -0.15) is 0 Å². The molecule has 0 spiro atoms. The number of unbranched alkanes of at least 4 members (excludes halogenated alkanes) is 8. The molecule has 0 heterocycles. The van der Waals surface area contributed by atoms with Crippen LogP contribution < -0.4 is 10.2 Å². The van der Waals surface area contributed by atoms with Crippen LogP contribution in [0.3, 0.4) is 0 Å². The highest BCUT2D eigenvalue weighted by Crippen LogP contribution is 2.30. The maximum Gasteiger partial charge on any atom is 0.155 e. The third-order valence-electron chi connectivity index (χ3n) is 6.82. The summed E-state index contributed by atoms with van der Waals surface area (Å²) in [5, 5.41) is 0. The van der Waals surface area contributed by atoms with Crippen molar-refractivity contribution < 1.29 is 4.74 Å². The molecule has 0 aliphatic heterocycles. The monoisotopic (exact) mass is 427 g/mol. The Kier molecular flexibility index (Phi) is 16.9. The molecule has 0 aliphatic rings. The van der Waals surface area contributed by atoms with Crippen molar-refractivity contribution in [3.8, 4) is 5.75 Å². The molecule has 1 aromatic carbocycles. The number of hydrogen-bond acceptors (Lipinski definition) is 1. The Morgan fingerprint density at radius 3 is 1.61 bits per heavy atom. The van der Waals surface area contributed by atoms with Crippen LogP contribution in [0.1, 0.15) is 142 Å². The SMILES string of the molecule is CCCCCC([B]c1cc(OC)ccc1C(CCCCC)CCCCC)CCCCC. The molecule has 177 valence electrons. The van der Waals surface area contributed by atoms with Crippen molar-refractivity contribution in [3.05, 3.63) is 23.8 Å². The summed E-state index contributed by atoms with van der Waals surface area (Å²) in [7, 11) is 4.44. The van der Waals surface area contributed by atoms with Gasteiger partial charge in [0, 0.05) is 0 Å². The fourth-order valence-corrected chi connectivity index (χ4v) is 4.81. The standard InChI is InChI=1S/C29H52BO/c1-6-10-14-18-25(19-15-11-7-2)28-23-22-27(31-5)24-29(28)30-26(20-16-12-8-3)21-17-13-9-4/h22-26H,6-21H2,1-5H3. The molecule has 0 amide bonds. The molecule has 1 aromatic rings. The molecule has 0 fully saturated rings. The summed E-state index contributed by atoms with van der Waals surface area (Å²) >= 11 is 0. The van der Waals surface area contributed by atoms with Crippen molar-refractivity contribution in [1.29, 1.82) is 0 Å². The van der Waals surface area contributed by atoms with Gasteiger partial charge in [-0.05, 0) is 30.9 Å². The molecule has 0 bridgehead atoms. The van der Waals surface area contributed by atoms with Crippen LogP contribution >= 0.6 is 0 Å². The van der Waals surface area contributed by atoms with Crippen LogP contribution in [0.25, 0.3) is 0 Å². The van der Waals surface area contributed by atoms with Crippen LogP contribution in [0.5, 0.6) is 5.75 Å². The molecule has 0 unspecified atom stereocenters. The van der Waals surface area contributed by atoms with Crippen LogP contribution in [0.15, 0.2) is 18.2 Å². The second kappa shape index (κ2) is 18.6. The van der Waals surface area contributed by atoms with E-state index in [1.54, 1.807) is 12.7 Å². The quantitative estimate of drug-likeness (QED) is 0.149. The van der Waals surface area contributed by atoms with E-state index in [9.17, 15) is 0 Å². The van der Waals surface area contributed by atoms with Gasteiger partial charge in [-0.1, -0.05) is 140 Å². The topological polar surface area (TPSA) is 9.23 Å². The minimum Gasteiger partial charge on any atom is -0.497 e. The molecule has 0 N–H and O–H groups in total. The lowest BCUT2D eigenvalue weighted by Gasteiger charge is -2.24. The molecular formula is C29H52BO. The lowest BCUT2D eigenvalue weighted by Crippen LogP contribution is -2.26. The fourth-order valence-electron chi connectivity index (χ4n) is 4.81. The maximum atomic E-state index is 5.65. The molecule has 0 aromatic heterocycles. The Bertz CT molecular complexity index is 522. The van der Waals surface area contributed by atoms with Gasteiger partial charge in [0.05, 0.1) is 7.11 Å². The van der Waals surface area contributed by atoms with Crippen molar-refractivity contribution >= 4 is 12.7 Å². The van der Waals surface area contributed by atoms with Gasteiger partial charge in [-0.25, -0.2) is 0 Å². The fraction of sp³-hybridized carbons (Fsp3) is 0.793. The molecule has 1 radical (unpaired) electrons. The van der Waals surface area contributed by atoms with Crippen molar-refractivity contribution in [3.63, 3.8) is 0 Å². The summed E-state index contributed by atoms with van der Waals surface area (Å²) in [4.78, 5) is 0. The molecule has 1 rings (SSSR count). The van der Waals surface area contributed by atoms with E-state index in [1.807, 2.05) is 0 Å². The van der Waals surface area contributed by atoms with Crippen LogP contribution in [-0.4, -0.2) is 14.4 Å². The summed E-state index contributed by atoms with van der Waals surface area (Å²) in [6, 6.07) is 6.92. The van der Waals surface area contributed by atoms with E-state index in [-0.39, 0.29) is 0 Å². The average molecular weight is 428 g/mol. The zero-order valence-electron chi connectivity index (χ0n) is 21.7. The number of hydrogen-bond donors (Lipinski definition) is 0. The number of rotatable bonds is 20. The minimum absolute atomic E-state index is 0.696. The second-order valence-electron chi connectivity index (χ2n) is 9.60. The van der Waals surface area contributed by atoms with Gasteiger partial charge >= 0.3 is 0 Å². The predicted octanol–water partition coefficient (Wildman–Crippen LogP) is 9.22. The van der Waals surface area contributed by atoms with Crippen LogP contribution in [0.4, 0.5) is 0 Å². The highest BCUT2D eigenvalue weighted by molar-refractivity contribution is 6.55. The third kappa shape index (κ3) is 12.0. The Labute approximate surface area is 196 Å². The molecule has 2 heteroatoms. The van der Waals surface area contributed by atoms with E-state index in [4.69, 9.17) is 4.74 Å². The lowest BCUT2D eigenvalue weighted by atomic mass is 9.54. The van der Waals surface area contributed by atoms with Gasteiger partial charge in [-0.15, -0.1) is 0 Å². The van der Waals surface area contributed by atoms with Gasteiger partial charge in [0.2, 0.25) is 0 Å². The van der Waals surface area contributed by atoms with E-state index in [0.29, 0.717) is 11.7 Å². The number of benzene rings is 1. The largest absolute Gasteiger partial charge is 0.497 e. The predicted molar refractivity (Wildman–Crippen MR) is 141 cm³/mol. The van der Waals surface area contributed by atoms with Gasteiger partial charge in [0.15, 0.2) is 7.28 Å². The summed E-state index contributed by atoms with van der Waals surface area (Å²) in [5.41, 5.74) is 3.05. The van der Waals surface area contributed by atoms with E-state index in [2.05, 4.69) is 53.2 Å². The normalized spacial score (nSPS) is 11.5. The van der Waals surface area contributed by atoms with E-state index in [0.717, 1.165) is 5.75 Å². The number of ether oxygens (including phenoxy) is 1. The van der Waals surface area contributed by atoms with Crippen LogP contribution in [0.2, 0.25) is 5.82 Å². The Morgan fingerprint density at radius 2 is 1.16 bits per heavy atom. The molecule has 0 saturated heterocycles. The van der Waals surface area contributed by atoms with Crippen LogP contribution in [-0.2, 0) is 0 Å². The highest BCUT2D eigenvalue weighted by Gasteiger charge is 2.20. The van der Waals surface area contributed by atoms with Crippen molar-refractivity contribution in [1.82, 2.24) is 0 Å². The zero-order chi connectivity index (χ0) is 22.7. The Hall–Kier alpha value is -0.915. The van der Waals surface area contributed by atoms with Crippen LogP contribution in [0, 0.1) is 0 Å². The summed E-state index contributed by atoms with van der Waals surface area (Å²) in [5.74, 6) is 2.41. The molecule has 1 nitrogen and oxygen atoms in total. The Morgan fingerprint density at radius 1 is 0.677 bits per heavy atom. The van der Waals surface area contributed by atoms with Crippen molar-refractivity contribution in [2.24, 2.45) is 0 Å². The molecule has 0 aliphatic carbocycles. The van der Waals surface area contributed by atoms with Gasteiger partial charge in [0.1, 0.15) is 5.75 Å². The summed E-state index contributed by atoms with van der Waals surface area (Å²) in [6.45, 7) is 9.26. The third-order valence-corrected chi connectivity index (χ3v) is 6.82. The molecule has 0 atom stereocenters. The van der Waals surface area contributed by atoms with E-state index in [1.165, 1.54) is 108 Å². The minimum atomic E-state index is 0.696. The first-order chi connectivity index (χ1) is 15.2. The van der Waals surface area contributed by atoms with E-state index < -0.39 is 0 Å². The zero-order valence-corrected chi connectivity index (χ0v) is 21.7. The first-order valence-electron chi connectivity index (χ1n) is 13.7. The molecule has 31 heavy (non-hydrogen) atoms. The van der Waals surface area contributed by atoms with Gasteiger partial charge < -0.3 is 4.74 Å². The van der Waals surface area contributed by atoms with Crippen molar-refractivity contribution in [2.75, 3.05) is 7.11 Å². The smallest absolute Gasteiger partial charge is 0.155 e. The second-order valence-corrected chi connectivity index (χ2v) is 9.60. The molecule has 0 saturated carbocycles. The summed E-state index contributed by atoms with van der Waals surface area (Å²) < 4.78 is 5.65. The maximum absolute atomic E-state index is 5.65. The highest BCUT2D eigenvalue weighted by atomic mass is 16.5. The first-order valence-corrected chi connectivity index (χ1v) is 13.7. The first kappa shape index (κ1) is 28.1. The lowest BCUT2D eigenvalue weighted by molar-refractivity contribution is 0.414. The Balaban J connectivity index is 3.05. The van der Waals surface area contributed by atoms with Gasteiger partial charge in [0.25, 0.3) is 0 Å². The number of methoxy groups -OCH3 is 1.